The first-order valence-corrected chi connectivity index (χ1v) is 10.3. The Kier molecular flexibility index (Phi) is 5.73. The van der Waals surface area contributed by atoms with Crippen LogP contribution in [0.15, 0.2) is 88.9 Å². The molecule has 0 saturated heterocycles. The minimum absolute atomic E-state index is 0.166. The number of aromatic carboxylic acids is 1. The zero-order chi connectivity index (χ0) is 22.0. The van der Waals surface area contributed by atoms with Gasteiger partial charge in [-0.2, -0.15) is 0 Å². The van der Waals surface area contributed by atoms with Gasteiger partial charge in [-0.05, 0) is 75.6 Å². The van der Waals surface area contributed by atoms with Gasteiger partial charge in [0.15, 0.2) is 0 Å². The Hall–Kier alpha value is -3.64. The van der Waals surface area contributed by atoms with Gasteiger partial charge in [0.05, 0.1) is 22.8 Å². The van der Waals surface area contributed by atoms with Crippen LogP contribution in [-0.4, -0.2) is 24.1 Å². The maximum atomic E-state index is 13.4. The fraction of sp³-hybridized carbons (Fsp3) is 0.0400. The molecule has 0 fully saturated rings. The summed E-state index contributed by atoms with van der Waals surface area (Å²) in [7, 11) is 1.60. The van der Waals surface area contributed by atoms with E-state index in [1.165, 1.54) is 12.1 Å². The molecule has 1 amide bonds. The van der Waals surface area contributed by atoms with Gasteiger partial charge in [0.2, 0.25) is 0 Å². The molecule has 1 aliphatic heterocycles. The van der Waals surface area contributed by atoms with Gasteiger partial charge in [0.25, 0.3) is 5.91 Å². The zero-order valence-electron chi connectivity index (χ0n) is 16.6. The zero-order valence-corrected chi connectivity index (χ0v) is 18.2. The number of hydrogen-bond donors (Lipinski definition) is 1. The Morgan fingerprint density at radius 2 is 1.74 bits per heavy atom. The van der Waals surface area contributed by atoms with Gasteiger partial charge in [-0.15, -0.1) is 0 Å². The molecule has 6 heteroatoms. The smallest absolute Gasteiger partial charge is 0.335 e. The van der Waals surface area contributed by atoms with Crippen LogP contribution in [0.25, 0.3) is 11.8 Å². The summed E-state index contributed by atoms with van der Waals surface area (Å²) in [6.45, 7) is 0. The second-order valence-electron chi connectivity index (χ2n) is 6.88. The van der Waals surface area contributed by atoms with Gasteiger partial charge < -0.3 is 9.84 Å². The molecule has 0 atom stereocenters. The average Bonchev–Trinajstić information content (AvgIpc) is 3.10. The number of amides is 1. The molecule has 3 aromatic carbocycles. The lowest BCUT2D eigenvalue weighted by atomic mass is 10.1. The third kappa shape index (κ3) is 4.15. The number of carbonyl (C=O) groups excluding carboxylic acids is 1. The summed E-state index contributed by atoms with van der Waals surface area (Å²) < 4.78 is 6.07. The fourth-order valence-corrected chi connectivity index (χ4v) is 3.96. The van der Waals surface area contributed by atoms with Gasteiger partial charge >= 0.3 is 5.97 Å². The first-order chi connectivity index (χ1) is 15.0. The third-order valence-corrected chi connectivity index (χ3v) is 5.54. The van der Waals surface area contributed by atoms with E-state index in [9.17, 15) is 14.7 Å². The minimum Gasteiger partial charge on any atom is -0.496 e. The fourth-order valence-electron chi connectivity index (χ4n) is 3.40. The van der Waals surface area contributed by atoms with Gasteiger partial charge in [-0.1, -0.05) is 36.4 Å². The normalized spacial score (nSPS) is 14.6. The van der Waals surface area contributed by atoms with Crippen molar-refractivity contribution in [2.24, 2.45) is 0 Å². The predicted octanol–water partition coefficient (Wildman–Crippen LogP) is 5.63. The molecule has 0 aliphatic carbocycles. The number of anilines is 1. The van der Waals surface area contributed by atoms with E-state index in [0.29, 0.717) is 17.0 Å². The lowest BCUT2D eigenvalue weighted by Gasteiger charge is -2.21. The van der Waals surface area contributed by atoms with Crippen molar-refractivity contribution in [3.05, 3.63) is 106 Å². The standard InChI is InChI=1S/C25H18BrNO4/c1-31-23-12-7-16(14-21(23)26)13-19-15-22(17-5-3-2-4-6-17)27(24(19)28)20-10-8-18(9-11-20)25(29)30/h2-15H,1H3,(H,29,30)/b19-13+. The second-order valence-corrected chi connectivity index (χ2v) is 7.74. The Morgan fingerprint density at radius 3 is 2.35 bits per heavy atom. The van der Waals surface area contributed by atoms with Crippen LogP contribution in [0.3, 0.4) is 0 Å². The number of halogens is 1. The SMILES string of the molecule is COc1ccc(/C=C2\C=C(c3ccccc3)N(c3ccc(C(=O)O)cc3)C2=O)cc1Br. The van der Waals surface area contributed by atoms with Crippen molar-refractivity contribution >= 4 is 45.3 Å². The molecule has 4 rings (SSSR count). The highest BCUT2D eigenvalue weighted by Crippen LogP contribution is 2.36. The largest absolute Gasteiger partial charge is 0.496 e. The van der Waals surface area contributed by atoms with Crippen LogP contribution in [0.1, 0.15) is 21.5 Å². The van der Waals surface area contributed by atoms with Crippen LogP contribution < -0.4 is 9.64 Å². The van der Waals surface area contributed by atoms with E-state index in [4.69, 9.17) is 4.74 Å². The van der Waals surface area contributed by atoms with Crippen LogP contribution in [-0.2, 0) is 4.79 Å². The molecule has 5 nitrogen and oxygen atoms in total. The Bertz CT molecular complexity index is 1210. The van der Waals surface area contributed by atoms with Gasteiger partial charge in [-0.25, -0.2) is 4.79 Å². The maximum absolute atomic E-state index is 13.4. The van der Waals surface area contributed by atoms with Crippen molar-refractivity contribution in [3.8, 4) is 5.75 Å². The summed E-state index contributed by atoms with van der Waals surface area (Å²) in [5, 5.41) is 9.18. The van der Waals surface area contributed by atoms with Gasteiger partial charge in [-0.3, -0.25) is 9.69 Å². The highest BCUT2D eigenvalue weighted by Gasteiger charge is 2.30. The van der Waals surface area contributed by atoms with E-state index in [0.717, 1.165) is 21.3 Å². The number of carboxylic acids is 1. The van der Waals surface area contributed by atoms with Crippen LogP contribution in [0, 0.1) is 0 Å². The highest BCUT2D eigenvalue weighted by molar-refractivity contribution is 9.10. The van der Waals surface area contributed by atoms with Crippen LogP contribution in [0.4, 0.5) is 5.69 Å². The second kappa shape index (κ2) is 8.62. The van der Waals surface area contributed by atoms with E-state index >= 15 is 0 Å². The van der Waals surface area contributed by atoms with Crippen LogP contribution in [0.2, 0.25) is 0 Å². The molecule has 31 heavy (non-hydrogen) atoms. The summed E-state index contributed by atoms with van der Waals surface area (Å²) in [6.07, 6.45) is 3.67. The summed E-state index contributed by atoms with van der Waals surface area (Å²) in [5.74, 6) is -0.488. The Morgan fingerprint density at radius 1 is 1.03 bits per heavy atom. The van der Waals surface area contributed by atoms with Crippen molar-refractivity contribution in [2.75, 3.05) is 12.0 Å². The van der Waals surface area contributed by atoms with Gasteiger partial charge in [0, 0.05) is 11.3 Å². The predicted molar refractivity (Wildman–Crippen MR) is 124 cm³/mol. The average molecular weight is 476 g/mol. The van der Waals surface area contributed by atoms with E-state index in [-0.39, 0.29) is 11.5 Å². The lowest BCUT2D eigenvalue weighted by Crippen LogP contribution is -2.25. The first kappa shape index (κ1) is 20.6. The first-order valence-electron chi connectivity index (χ1n) is 9.48. The number of rotatable bonds is 5. The quantitative estimate of drug-likeness (QED) is 0.485. The summed E-state index contributed by atoms with van der Waals surface area (Å²) >= 11 is 3.47. The molecule has 0 radical (unpaired) electrons. The molecule has 1 aliphatic rings. The molecule has 0 unspecified atom stereocenters. The molecule has 154 valence electrons. The molecular weight excluding hydrogens is 458 g/mol. The van der Waals surface area contributed by atoms with Crippen LogP contribution >= 0.6 is 15.9 Å². The van der Waals surface area contributed by atoms with Crippen molar-refractivity contribution < 1.29 is 19.4 Å². The molecule has 0 bridgehead atoms. The summed E-state index contributed by atoms with van der Waals surface area (Å²) in [4.78, 5) is 26.2. The number of carboxylic acid groups (broad SMARTS) is 1. The van der Waals surface area contributed by atoms with Crippen molar-refractivity contribution in [1.82, 2.24) is 0 Å². The number of nitrogens with zero attached hydrogens (tertiary/aromatic N) is 1. The topological polar surface area (TPSA) is 66.8 Å². The summed E-state index contributed by atoms with van der Waals surface area (Å²) in [6, 6.07) is 21.5. The van der Waals surface area contributed by atoms with Gasteiger partial charge in [0.1, 0.15) is 5.75 Å². The minimum atomic E-state index is -1.01. The number of ether oxygens (including phenoxy) is 1. The third-order valence-electron chi connectivity index (χ3n) is 4.92. The Labute approximate surface area is 188 Å². The highest BCUT2D eigenvalue weighted by atomic mass is 79.9. The number of carbonyl (C=O) groups is 2. The van der Waals surface area contributed by atoms with Crippen molar-refractivity contribution in [2.45, 2.75) is 0 Å². The van der Waals surface area contributed by atoms with Crippen molar-refractivity contribution in [3.63, 3.8) is 0 Å². The maximum Gasteiger partial charge on any atom is 0.335 e. The van der Waals surface area contributed by atoms with E-state index < -0.39 is 5.97 Å². The number of benzene rings is 3. The van der Waals surface area contributed by atoms with Crippen LogP contribution in [0.5, 0.6) is 5.75 Å². The lowest BCUT2D eigenvalue weighted by molar-refractivity contribution is -0.113. The molecule has 0 saturated carbocycles. The molecular formula is C25H18BrNO4. The van der Waals surface area contributed by atoms with Crippen molar-refractivity contribution in [1.29, 1.82) is 0 Å². The number of methoxy groups -OCH3 is 1. The molecule has 1 N–H and O–H groups in total. The molecule has 0 spiro atoms. The molecule has 3 aromatic rings. The Balaban J connectivity index is 1.78. The molecule has 1 heterocycles. The number of hydrogen-bond acceptors (Lipinski definition) is 3. The monoisotopic (exact) mass is 475 g/mol. The van der Waals surface area contributed by atoms with E-state index in [2.05, 4.69) is 15.9 Å². The molecule has 0 aromatic heterocycles. The van der Waals surface area contributed by atoms with E-state index in [1.807, 2.05) is 60.7 Å². The summed E-state index contributed by atoms with van der Waals surface area (Å²) in [5.41, 5.74) is 3.76. The van der Waals surface area contributed by atoms with E-state index in [1.54, 1.807) is 24.1 Å².